The van der Waals surface area contributed by atoms with Crippen LogP contribution in [0.4, 0.5) is 0 Å². The van der Waals surface area contributed by atoms with Gasteiger partial charge in [0.15, 0.2) is 5.79 Å². The van der Waals surface area contributed by atoms with Crippen molar-refractivity contribution < 1.29 is 9.47 Å². The van der Waals surface area contributed by atoms with Gasteiger partial charge in [0.25, 0.3) is 0 Å². The molecule has 0 spiro atoms. The molecule has 0 rings (SSSR count). The quantitative estimate of drug-likeness (QED) is 0.353. The fourth-order valence-corrected chi connectivity index (χ4v) is 3.34. The van der Waals surface area contributed by atoms with Crippen LogP contribution in [-0.4, -0.2) is 20.0 Å². The number of unbranched alkanes of at least 4 members (excludes halogenated alkanes) is 5. The zero-order valence-corrected chi connectivity index (χ0v) is 15.1. The fourth-order valence-electron chi connectivity index (χ4n) is 3.34. The number of methoxy groups -OCH3 is 2. The van der Waals surface area contributed by atoms with Crippen molar-refractivity contribution in [3.63, 3.8) is 0 Å². The van der Waals surface area contributed by atoms with Gasteiger partial charge in [-0.2, -0.15) is 0 Å². The van der Waals surface area contributed by atoms with E-state index in [0.29, 0.717) is 5.92 Å². The molecule has 1 atom stereocenters. The van der Waals surface area contributed by atoms with Crippen LogP contribution in [0.1, 0.15) is 86.0 Å². The summed E-state index contributed by atoms with van der Waals surface area (Å²) in [5.74, 6) is 0.00274. The van der Waals surface area contributed by atoms with Crippen LogP contribution >= 0.6 is 0 Å². The van der Waals surface area contributed by atoms with Gasteiger partial charge in [-0.15, -0.1) is 0 Å². The first kappa shape index (κ1) is 19.9. The average molecular weight is 286 g/mol. The lowest BCUT2D eigenvalue weighted by atomic mass is 9.72. The van der Waals surface area contributed by atoms with E-state index in [2.05, 4.69) is 34.6 Å². The van der Waals surface area contributed by atoms with Crippen LogP contribution in [0.3, 0.4) is 0 Å². The van der Waals surface area contributed by atoms with Crippen molar-refractivity contribution in [1.82, 2.24) is 0 Å². The molecule has 0 N–H and O–H groups in total. The molecule has 0 radical (unpaired) electrons. The molecule has 0 amide bonds. The minimum absolute atomic E-state index is 0.200. The number of hydrogen-bond acceptors (Lipinski definition) is 2. The zero-order valence-electron chi connectivity index (χ0n) is 15.1. The van der Waals surface area contributed by atoms with E-state index in [-0.39, 0.29) is 5.41 Å². The van der Waals surface area contributed by atoms with Crippen LogP contribution in [-0.2, 0) is 9.47 Å². The molecule has 0 bridgehead atoms. The van der Waals surface area contributed by atoms with E-state index in [4.69, 9.17) is 9.47 Å². The van der Waals surface area contributed by atoms with Crippen LogP contribution in [0, 0.1) is 11.3 Å². The van der Waals surface area contributed by atoms with E-state index in [1.165, 1.54) is 44.9 Å². The van der Waals surface area contributed by atoms with Gasteiger partial charge in [-0.25, -0.2) is 0 Å². The summed E-state index contributed by atoms with van der Waals surface area (Å²) in [7, 11) is 3.57. The third kappa shape index (κ3) is 6.13. The maximum atomic E-state index is 5.80. The molecule has 0 aromatic carbocycles. The number of ether oxygens (including phenoxy) is 2. The lowest BCUT2D eigenvalue weighted by Gasteiger charge is -2.44. The minimum Gasteiger partial charge on any atom is -0.353 e. The molecule has 0 aromatic rings. The molecule has 0 aliphatic rings. The standard InChI is InChI=1S/C18H38O2/c1-8-10-11-12-13-14-15-16(17(3,4)5)18(9-2,19-6)20-7/h16H,8-15H2,1-7H3. The van der Waals surface area contributed by atoms with Gasteiger partial charge in [0.1, 0.15) is 0 Å². The largest absolute Gasteiger partial charge is 0.353 e. The van der Waals surface area contributed by atoms with Gasteiger partial charge in [0.05, 0.1) is 0 Å². The summed E-state index contributed by atoms with van der Waals surface area (Å²) >= 11 is 0. The fraction of sp³-hybridized carbons (Fsp3) is 1.00. The molecule has 122 valence electrons. The molecule has 20 heavy (non-hydrogen) atoms. The Hall–Kier alpha value is -0.0800. The minimum atomic E-state index is -0.429. The molecule has 0 heterocycles. The summed E-state index contributed by atoms with van der Waals surface area (Å²) < 4.78 is 11.6. The van der Waals surface area contributed by atoms with E-state index in [1.54, 1.807) is 14.2 Å². The normalized spacial score (nSPS) is 14.6. The van der Waals surface area contributed by atoms with Gasteiger partial charge in [-0.05, 0) is 18.3 Å². The van der Waals surface area contributed by atoms with Crippen LogP contribution in [0.5, 0.6) is 0 Å². The molecular weight excluding hydrogens is 248 g/mol. The Morgan fingerprint density at radius 1 is 0.800 bits per heavy atom. The first-order valence-corrected chi connectivity index (χ1v) is 8.48. The monoisotopic (exact) mass is 286 g/mol. The van der Waals surface area contributed by atoms with E-state index < -0.39 is 5.79 Å². The van der Waals surface area contributed by atoms with Gasteiger partial charge < -0.3 is 9.47 Å². The van der Waals surface area contributed by atoms with Gasteiger partial charge in [-0.3, -0.25) is 0 Å². The number of hydrogen-bond donors (Lipinski definition) is 0. The van der Waals surface area contributed by atoms with Gasteiger partial charge in [0.2, 0.25) is 0 Å². The highest BCUT2D eigenvalue weighted by Crippen LogP contribution is 2.42. The van der Waals surface area contributed by atoms with Crippen LogP contribution < -0.4 is 0 Å². The summed E-state index contributed by atoms with van der Waals surface area (Å²) in [5, 5.41) is 0. The highest BCUT2D eigenvalue weighted by atomic mass is 16.7. The highest BCUT2D eigenvalue weighted by Gasteiger charge is 2.43. The molecule has 0 saturated carbocycles. The second kappa shape index (κ2) is 9.78. The van der Waals surface area contributed by atoms with Gasteiger partial charge in [0, 0.05) is 20.1 Å². The molecule has 0 aromatic heterocycles. The lowest BCUT2D eigenvalue weighted by Crippen LogP contribution is -2.47. The van der Waals surface area contributed by atoms with E-state index in [1.807, 2.05) is 0 Å². The summed E-state index contributed by atoms with van der Waals surface area (Å²) in [6.45, 7) is 11.3. The molecule has 2 heteroatoms. The Morgan fingerprint density at radius 3 is 1.70 bits per heavy atom. The van der Waals surface area contributed by atoms with Crippen molar-refractivity contribution in [2.75, 3.05) is 14.2 Å². The summed E-state index contributed by atoms with van der Waals surface area (Å²) in [6.07, 6.45) is 10.1. The predicted molar refractivity (Wildman–Crippen MR) is 88.0 cm³/mol. The predicted octanol–water partition coefficient (Wildman–Crippen LogP) is 5.80. The zero-order chi connectivity index (χ0) is 15.6. The lowest BCUT2D eigenvalue weighted by molar-refractivity contribution is -0.261. The Labute approximate surface area is 127 Å². The second-order valence-electron chi connectivity index (χ2n) is 7.05. The Kier molecular flexibility index (Phi) is 9.74. The van der Waals surface area contributed by atoms with Crippen LogP contribution in [0.25, 0.3) is 0 Å². The van der Waals surface area contributed by atoms with E-state index in [0.717, 1.165) is 6.42 Å². The Morgan fingerprint density at radius 2 is 1.30 bits per heavy atom. The SMILES string of the molecule is CCCCCCCCC(C(C)(C)C)C(CC)(OC)OC. The Bertz CT molecular complexity index is 218. The summed E-state index contributed by atoms with van der Waals surface area (Å²) in [6, 6.07) is 0. The maximum absolute atomic E-state index is 5.80. The van der Waals surface area contributed by atoms with Gasteiger partial charge >= 0.3 is 0 Å². The third-order valence-corrected chi connectivity index (χ3v) is 4.61. The Balaban J connectivity index is 4.51. The van der Waals surface area contributed by atoms with Crippen molar-refractivity contribution in [3.05, 3.63) is 0 Å². The van der Waals surface area contributed by atoms with Crippen molar-refractivity contribution >= 4 is 0 Å². The molecule has 0 fully saturated rings. The molecule has 0 saturated heterocycles. The van der Waals surface area contributed by atoms with Crippen molar-refractivity contribution in [1.29, 1.82) is 0 Å². The van der Waals surface area contributed by atoms with Crippen LogP contribution in [0.15, 0.2) is 0 Å². The number of rotatable bonds is 11. The molecule has 0 aliphatic carbocycles. The summed E-state index contributed by atoms with van der Waals surface area (Å²) in [5.41, 5.74) is 0.200. The van der Waals surface area contributed by atoms with Crippen molar-refractivity contribution in [3.8, 4) is 0 Å². The molecule has 0 aliphatic heterocycles. The molecular formula is C18H38O2. The first-order chi connectivity index (χ1) is 9.37. The maximum Gasteiger partial charge on any atom is 0.170 e. The first-order valence-electron chi connectivity index (χ1n) is 8.48. The van der Waals surface area contributed by atoms with E-state index in [9.17, 15) is 0 Å². The van der Waals surface area contributed by atoms with E-state index >= 15 is 0 Å². The van der Waals surface area contributed by atoms with Crippen molar-refractivity contribution in [2.24, 2.45) is 11.3 Å². The smallest absolute Gasteiger partial charge is 0.170 e. The molecule has 1 unspecified atom stereocenters. The topological polar surface area (TPSA) is 18.5 Å². The van der Waals surface area contributed by atoms with Crippen molar-refractivity contribution in [2.45, 2.75) is 91.8 Å². The van der Waals surface area contributed by atoms with Gasteiger partial charge in [-0.1, -0.05) is 73.1 Å². The second-order valence-corrected chi connectivity index (χ2v) is 7.05. The molecule has 2 nitrogen and oxygen atoms in total. The average Bonchev–Trinajstić information content (AvgIpc) is 2.41. The third-order valence-electron chi connectivity index (χ3n) is 4.61. The summed E-state index contributed by atoms with van der Waals surface area (Å²) in [4.78, 5) is 0. The van der Waals surface area contributed by atoms with Crippen LogP contribution in [0.2, 0.25) is 0 Å². The highest BCUT2D eigenvalue weighted by molar-refractivity contribution is 4.87.